The molecule has 0 N–H and O–H groups in total. The van der Waals surface area contributed by atoms with Gasteiger partial charge >= 0.3 is 6.18 Å². The number of carbonyl (C=O) groups is 2. The van der Waals surface area contributed by atoms with Crippen LogP contribution in [0.1, 0.15) is 16.2 Å². The molecule has 0 bridgehead atoms. The van der Waals surface area contributed by atoms with E-state index in [2.05, 4.69) is 10.2 Å². The average molecular weight is 224 g/mol. The molecule has 1 aromatic heterocycles. The Labute approximate surface area is 79.8 Å². The van der Waals surface area contributed by atoms with Gasteiger partial charge in [0.05, 0.1) is 6.42 Å². The summed E-state index contributed by atoms with van der Waals surface area (Å²) in [5.41, 5.74) is 1.20. The first-order valence-corrected chi connectivity index (χ1v) is 4.18. The maximum absolute atomic E-state index is 11.7. The second-order valence-electron chi connectivity index (χ2n) is 2.26. The molecule has 0 aliphatic carbocycles. The van der Waals surface area contributed by atoms with Gasteiger partial charge in [0.25, 0.3) is 0 Å². The van der Waals surface area contributed by atoms with Gasteiger partial charge in [-0.05, 0) is 0 Å². The molecule has 8 heteroatoms. The fraction of sp³-hybridized carbons (Fsp3) is 0.333. The van der Waals surface area contributed by atoms with Crippen molar-refractivity contribution in [2.24, 2.45) is 0 Å². The monoisotopic (exact) mass is 224 g/mol. The van der Waals surface area contributed by atoms with Gasteiger partial charge in [-0.25, -0.2) is 0 Å². The van der Waals surface area contributed by atoms with Crippen LogP contribution in [-0.2, 0) is 4.79 Å². The lowest BCUT2D eigenvalue weighted by atomic mass is 10.2. The quantitative estimate of drug-likeness (QED) is 0.572. The molecule has 1 rings (SSSR count). The molecule has 14 heavy (non-hydrogen) atoms. The molecule has 0 aliphatic rings. The number of ketones is 2. The van der Waals surface area contributed by atoms with Gasteiger partial charge in [0.2, 0.25) is 11.6 Å². The van der Waals surface area contributed by atoms with Crippen molar-refractivity contribution in [3.05, 3.63) is 10.5 Å². The van der Waals surface area contributed by atoms with Gasteiger partial charge < -0.3 is 0 Å². The summed E-state index contributed by atoms with van der Waals surface area (Å²) < 4.78 is 35.2. The summed E-state index contributed by atoms with van der Waals surface area (Å²) in [7, 11) is 0. The zero-order chi connectivity index (χ0) is 10.8. The number of aromatic nitrogens is 2. The summed E-state index contributed by atoms with van der Waals surface area (Å²) in [6.45, 7) is 0. The van der Waals surface area contributed by atoms with E-state index in [1.54, 1.807) is 0 Å². The molecular formula is C6H3F3N2O2S. The number of alkyl halides is 3. The van der Waals surface area contributed by atoms with Crippen LogP contribution in [0.4, 0.5) is 13.2 Å². The van der Waals surface area contributed by atoms with Crippen molar-refractivity contribution >= 4 is 22.9 Å². The zero-order valence-electron chi connectivity index (χ0n) is 6.54. The Kier molecular flexibility index (Phi) is 2.94. The van der Waals surface area contributed by atoms with Crippen LogP contribution in [0, 0.1) is 0 Å². The zero-order valence-corrected chi connectivity index (χ0v) is 7.35. The Morgan fingerprint density at radius 3 is 2.50 bits per heavy atom. The van der Waals surface area contributed by atoms with Gasteiger partial charge in [-0.3, -0.25) is 9.59 Å². The van der Waals surface area contributed by atoms with Crippen LogP contribution in [0.2, 0.25) is 0 Å². The summed E-state index contributed by atoms with van der Waals surface area (Å²) in [6.07, 6.45) is -6.18. The SMILES string of the molecule is O=C(CC(=O)C(F)(F)F)c1nncs1. The van der Waals surface area contributed by atoms with Crippen LogP contribution >= 0.6 is 11.3 Å². The molecule has 1 heterocycles. The standard InChI is InChI=1S/C6H3F3N2O2S/c7-6(8,9)4(13)1-3(12)5-11-10-2-14-5/h2H,1H2. The van der Waals surface area contributed by atoms with E-state index in [1.807, 2.05) is 0 Å². The first kappa shape index (κ1) is 10.8. The van der Waals surface area contributed by atoms with Gasteiger partial charge in [0.1, 0.15) is 5.51 Å². The Morgan fingerprint density at radius 2 is 2.07 bits per heavy atom. The second-order valence-corrected chi connectivity index (χ2v) is 3.10. The van der Waals surface area contributed by atoms with E-state index in [9.17, 15) is 22.8 Å². The van der Waals surface area contributed by atoms with Crippen LogP contribution in [0.3, 0.4) is 0 Å². The molecule has 76 valence electrons. The van der Waals surface area contributed by atoms with Gasteiger partial charge in [-0.2, -0.15) is 13.2 Å². The number of carbonyl (C=O) groups excluding carboxylic acids is 2. The number of Topliss-reactive ketones (excluding diaryl/α,β-unsaturated/α-hetero) is 2. The van der Waals surface area contributed by atoms with Crippen LogP contribution < -0.4 is 0 Å². The lowest BCUT2D eigenvalue weighted by Gasteiger charge is -2.01. The third kappa shape index (κ3) is 2.59. The molecule has 0 spiro atoms. The Bertz CT molecular complexity index is 346. The molecule has 4 nitrogen and oxygen atoms in total. The molecular weight excluding hydrogens is 221 g/mol. The summed E-state index contributed by atoms with van der Waals surface area (Å²) in [5.74, 6) is -3.03. The molecule has 0 fully saturated rings. The van der Waals surface area contributed by atoms with E-state index in [4.69, 9.17) is 0 Å². The average Bonchev–Trinajstić information content (AvgIpc) is 2.53. The largest absolute Gasteiger partial charge is 0.450 e. The number of hydrogen-bond acceptors (Lipinski definition) is 5. The minimum absolute atomic E-state index is 0.192. The Hall–Kier alpha value is -1.31. The molecule has 0 radical (unpaired) electrons. The van der Waals surface area contributed by atoms with E-state index < -0.39 is 24.2 Å². The first-order valence-electron chi connectivity index (χ1n) is 3.30. The molecule has 0 aromatic carbocycles. The van der Waals surface area contributed by atoms with Crippen molar-refractivity contribution in [2.75, 3.05) is 0 Å². The summed E-state index contributed by atoms with van der Waals surface area (Å²) in [6, 6.07) is 0. The van der Waals surface area contributed by atoms with Crippen molar-refractivity contribution in [3.8, 4) is 0 Å². The Balaban J connectivity index is 2.63. The molecule has 0 saturated carbocycles. The third-order valence-electron chi connectivity index (χ3n) is 1.24. The van der Waals surface area contributed by atoms with Crippen LogP contribution in [0.25, 0.3) is 0 Å². The van der Waals surface area contributed by atoms with Crippen LogP contribution in [0.15, 0.2) is 5.51 Å². The molecule has 1 aromatic rings. The maximum Gasteiger partial charge on any atom is 0.450 e. The Morgan fingerprint density at radius 1 is 1.43 bits per heavy atom. The van der Waals surface area contributed by atoms with E-state index in [1.165, 1.54) is 5.51 Å². The molecule has 0 aliphatic heterocycles. The second kappa shape index (κ2) is 3.82. The molecule has 0 amide bonds. The predicted octanol–water partition coefficient (Wildman–Crippen LogP) is 1.24. The highest BCUT2D eigenvalue weighted by molar-refractivity contribution is 7.11. The smallest absolute Gasteiger partial charge is 0.291 e. The van der Waals surface area contributed by atoms with Crippen molar-refractivity contribution in [2.45, 2.75) is 12.6 Å². The summed E-state index contributed by atoms with van der Waals surface area (Å²) in [4.78, 5) is 21.3. The number of rotatable bonds is 3. The topological polar surface area (TPSA) is 59.9 Å². The molecule has 0 saturated heterocycles. The lowest BCUT2D eigenvalue weighted by Crippen LogP contribution is -2.25. The molecule has 0 atom stereocenters. The number of hydrogen-bond donors (Lipinski definition) is 0. The normalized spacial score (nSPS) is 11.4. The molecule has 0 unspecified atom stereocenters. The van der Waals surface area contributed by atoms with Gasteiger partial charge in [0, 0.05) is 0 Å². The van der Waals surface area contributed by atoms with Crippen molar-refractivity contribution in [1.29, 1.82) is 0 Å². The number of halogens is 3. The summed E-state index contributed by atoms with van der Waals surface area (Å²) >= 11 is 0.792. The fourth-order valence-corrected chi connectivity index (χ4v) is 1.11. The van der Waals surface area contributed by atoms with Crippen LogP contribution in [-0.4, -0.2) is 27.9 Å². The minimum Gasteiger partial charge on any atom is -0.291 e. The highest BCUT2D eigenvalue weighted by Gasteiger charge is 2.39. The lowest BCUT2D eigenvalue weighted by molar-refractivity contribution is -0.170. The van der Waals surface area contributed by atoms with E-state index >= 15 is 0 Å². The van der Waals surface area contributed by atoms with E-state index in [0.717, 1.165) is 11.3 Å². The fourth-order valence-electron chi connectivity index (χ4n) is 0.616. The van der Waals surface area contributed by atoms with Gasteiger partial charge in [-0.1, -0.05) is 11.3 Å². The van der Waals surface area contributed by atoms with Crippen molar-refractivity contribution in [1.82, 2.24) is 10.2 Å². The van der Waals surface area contributed by atoms with E-state index in [-0.39, 0.29) is 5.01 Å². The van der Waals surface area contributed by atoms with Crippen LogP contribution in [0.5, 0.6) is 0 Å². The maximum atomic E-state index is 11.7. The minimum atomic E-state index is -4.97. The van der Waals surface area contributed by atoms with Crippen molar-refractivity contribution in [3.63, 3.8) is 0 Å². The van der Waals surface area contributed by atoms with Gasteiger partial charge in [0.15, 0.2) is 5.01 Å². The predicted molar refractivity (Wildman–Crippen MR) is 39.9 cm³/mol. The van der Waals surface area contributed by atoms with Gasteiger partial charge in [-0.15, -0.1) is 10.2 Å². The highest BCUT2D eigenvalue weighted by Crippen LogP contribution is 2.19. The summed E-state index contributed by atoms with van der Waals surface area (Å²) in [5, 5.41) is 6.33. The van der Waals surface area contributed by atoms with Crippen molar-refractivity contribution < 1.29 is 22.8 Å². The number of nitrogens with zero attached hydrogens (tertiary/aromatic N) is 2. The highest BCUT2D eigenvalue weighted by atomic mass is 32.1. The van der Waals surface area contributed by atoms with E-state index in [0.29, 0.717) is 0 Å². The first-order chi connectivity index (χ1) is 6.41. The third-order valence-corrected chi connectivity index (χ3v) is 1.97.